The number of benzene rings is 4. The predicted octanol–water partition coefficient (Wildman–Crippen LogP) is 7.26. The first kappa shape index (κ1) is 20.3. The van der Waals surface area contributed by atoms with Crippen LogP contribution in [0, 0.1) is 0 Å². The molecule has 0 atom stereocenters. The van der Waals surface area contributed by atoms with Crippen LogP contribution in [0.1, 0.15) is 31.8 Å². The van der Waals surface area contributed by atoms with Crippen LogP contribution in [0.5, 0.6) is 0 Å². The summed E-state index contributed by atoms with van der Waals surface area (Å²) < 4.78 is 0. The number of para-hydroxylation sites is 2. The monoisotopic (exact) mass is 458 g/mol. The highest BCUT2D eigenvalue weighted by atomic mass is 35.5. The van der Waals surface area contributed by atoms with E-state index in [9.17, 15) is 9.59 Å². The number of rotatable bonds is 4. The summed E-state index contributed by atoms with van der Waals surface area (Å²) in [5.41, 5.74) is 3.40. The van der Waals surface area contributed by atoms with Crippen molar-refractivity contribution in [3.8, 4) is 0 Å². The molecule has 4 aromatic carbocycles. The van der Waals surface area contributed by atoms with Crippen LogP contribution in [0.2, 0.25) is 10.0 Å². The maximum Gasteiger partial charge on any atom is 0.198 e. The summed E-state index contributed by atoms with van der Waals surface area (Å²) in [6.07, 6.45) is 0. The number of carbonyl (C=O) groups is 2. The third-order valence-corrected chi connectivity index (χ3v) is 5.95. The van der Waals surface area contributed by atoms with Gasteiger partial charge < -0.3 is 10.6 Å². The van der Waals surface area contributed by atoms with E-state index in [4.69, 9.17) is 23.2 Å². The summed E-state index contributed by atoms with van der Waals surface area (Å²) in [7, 11) is 0. The molecule has 156 valence electrons. The van der Waals surface area contributed by atoms with E-state index in [0.29, 0.717) is 11.4 Å². The second kappa shape index (κ2) is 8.15. The summed E-state index contributed by atoms with van der Waals surface area (Å²) >= 11 is 12.7. The third-order valence-electron chi connectivity index (χ3n) is 5.32. The van der Waals surface area contributed by atoms with Crippen LogP contribution >= 0.6 is 23.2 Å². The van der Waals surface area contributed by atoms with Crippen LogP contribution in [0.3, 0.4) is 0 Å². The fourth-order valence-electron chi connectivity index (χ4n) is 3.88. The molecule has 0 fully saturated rings. The van der Waals surface area contributed by atoms with Gasteiger partial charge >= 0.3 is 0 Å². The highest BCUT2D eigenvalue weighted by Gasteiger charge is 2.37. The highest BCUT2D eigenvalue weighted by molar-refractivity contribution is 6.44. The van der Waals surface area contributed by atoms with Crippen molar-refractivity contribution >= 4 is 57.5 Å². The molecular weight excluding hydrogens is 443 g/mol. The molecule has 32 heavy (non-hydrogen) atoms. The van der Waals surface area contributed by atoms with Crippen molar-refractivity contribution in [3.05, 3.63) is 117 Å². The molecule has 0 bridgehead atoms. The summed E-state index contributed by atoms with van der Waals surface area (Å²) in [5.74, 6) is -0.700. The molecule has 0 aromatic heterocycles. The van der Waals surface area contributed by atoms with Crippen LogP contribution in [-0.2, 0) is 0 Å². The Hall–Kier alpha value is -3.60. The zero-order chi connectivity index (χ0) is 22.2. The Labute approximate surface area is 194 Å². The Morgan fingerprint density at radius 1 is 0.469 bits per heavy atom. The lowest BCUT2D eigenvalue weighted by Gasteiger charge is -2.25. The van der Waals surface area contributed by atoms with E-state index in [1.54, 1.807) is 12.1 Å². The second-order valence-electron chi connectivity index (χ2n) is 7.33. The number of hydrogen-bond donors (Lipinski definition) is 2. The molecule has 1 aliphatic rings. The second-order valence-corrected chi connectivity index (χ2v) is 8.14. The average Bonchev–Trinajstić information content (AvgIpc) is 2.81. The van der Waals surface area contributed by atoms with Gasteiger partial charge in [-0.25, -0.2) is 0 Å². The average molecular weight is 459 g/mol. The fraction of sp³-hybridized carbons (Fsp3) is 0. The van der Waals surface area contributed by atoms with E-state index in [0.717, 1.165) is 11.4 Å². The minimum Gasteiger partial charge on any atom is -0.355 e. The van der Waals surface area contributed by atoms with Crippen molar-refractivity contribution in [2.45, 2.75) is 0 Å². The van der Waals surface area contributed by atoms with Crippen molar-refractivity contribution in [1.82, 2.24) is 0 Å². The molecule has 4 nitrogen and oxygen atoms in total. The number of fused-ring (bicyclic) bond motifs is 2. The van der Waals surface area contributed by atoms with Crippen LogP contribution in [0.15, 0.2) is 84.9 Å². The first-order valence-corrected chi connectivity index (χ1v) is 10.7. The minimum absolute atomic E-state index is 0.129. The number of nitrogens with one attached hydrogen (secondary N) is 2. The number of hydrogen-bond acceptors (Lipinski definition) is 4. The summed E-state index contributed by atoms with van der Waals surface area (Å²) in [4.78, 5) is 27.4. The maximum atomic E-state index is 13.7. The van der Waals surface area contributed by atoms with Crippen molar-refractivity contribution in [2.75, 3.05) is 10.6 Å². The van der Waals surface area contributed by atoms with Gasteiger partial charge in [0.25, 0.3) is 0 Å². The number of halogens is 2. The summed E-state index contributed by atoms with van der Waals surface area (Å²) in [6.45, 7) is 0. The Balaban J connectivity index is 1.73. The van der Waals surface area contributed by atoms with Crippen LogP contribution < -0.4 is 10.6 Å². The number of ketones is 2. The van der Waals surface area contributed by atoms with Gasteiger partial charge in [-0.15, -0.1) is 0 Å². The SMILES string of the molecule is O=C1c2c(Cl)ccc(Cl)c2C(=O)c2c(Nc3ccccc3)ccc(Nc3ccccc3)c21. The van der Waals surface area contributed by atoms with Gasteiger partial charge in [-0.3, -0.25) is 9.59 Å². The van der Waals surface area contributed by atoms with E-state index in [1.807, 2.05) is 60.7 Å². The Morgan fingerprint density at radius 2 is 0.844 bits per heavy atom. The Kier molecular flexibility index (Phi) is 5.17. The van der Waals surface area contributed by atoms with Crippen LogP contribution in [0.25, 0.3) is 0 Å². The Bertz CT molecular complexity index is 1260. The largest absolute Gasteiger partial charge is 0.355 e. The molecule has 0 saturated heterocycles. The predicted molar refractivity (Wildman–Crippen MR) is 129 cm³/mol. The van der Waals surface area contributed by atoms with Crippen LogP contribution in [0.4, 0.5) is 22.7 Å². The van der Waals surface area contributed by atoms with Gasteiger partial charge in [0, 0.05) is 11.4 Å². The molecule has 0 unspecified atom stereocenters. The van der Waals surface area contributed by atoms with Gasteiger partial charge in [0.1, 0.15) is 0 Å². The molecular formula is C26H16Cl2N2O2. The topological polar surface area (TPSA) is 58.2 Å². The van der Waals surface area contributed by atoms with Crippen molar-refractivity contribution < 1.29 is 9.59 Å². The molecule has 4 aromatic rings. The maximum absolute atomic E-state index is 13.7. The van der Waals surface area contributed by atoms with Gasteiger partial charge in [-0.1, -0.05) is 59.6 Å². The first-order chi connectivity index (χ1) is 15.5. The lowest BCUT2D eigenvalue weighted by molar-refractivity contribution is 0.0980. The fourth-order valence-corrected chi connectivity index (χ4v) is 4.37. The molecule has 0 saturated carbocycles. The van der Waals surface area contributed by atoms with E-state index in [1.165, 1.54) is 12.1 Å². The Morgan fingerprint density at radius 3 is 1.22 bits per heavy atom. The molecule has 5 rings (SSSR count). The smallest absolute Gasteiger partial charge is 0.198 e. The van der Waals surface area contributed by atoms with E-state index < -0.39 is 0 Å². The van der Waals surface area contributed by atoms with Gasteiger partial charge in [0.05, 0.1) is 43.7 Å². The standard InChI is InChI=1S/C26H16Cl2N2O2/c27-17-11-12-18(28)22-21(17)25(31)23-19(29-15-7-3-1-4-8-15)13-14-20(24(23)26(22)32)30-16-9-5-2-6-10-16/h1-14,29-30H. The van der Waals surface area contributed by atoms with Crippen LogP contribution in [-0.4, -0.2) is 11.6 Å². The van der Waals surface area contributed by atoms with Crippen molar-refractivity contribution in [2.24, 2.45) is 0 Å². The number of carbonyl (C=O) groups excluding carboxylic acids is 2. The highest BCUT2D eigenvalue weighted by Crippen LogP contribution is 2.42. The molecule has 0 aliphatic heterocycles. The molecule has 1 aliphatic carbocycles. The van der Waals surface area contributed by atoms with E-state index >= 15 is 0 Å². The molecule has 2 N–H and O–H groups in total. The van der Waals surface area contributed by atoms with Gasteiger partial charge in [-0.2, -0.15) is 0 Å². The van der Waals surface area contributed by atoms with Gasteiger partial charge in [-0.05, 0) is 48.5 Å². The number of anilines is 4. The normalized spacial score (nSPS) is 12.2. The lowest BCUT2D eigenvalue weighted by Crippen LogP contribution is -2.24. The zero-order valence-corrected chi connectivity index (χ0v) is 18.2. The summed E-state index contributed by atoms with van der Waals surface area (Å²) in [5, 5.41) is 6.91. The minimum atomic E-state index is -0.350. The lowest BCUT2D eigenvalue weighted by atomic mass is 9.82. The first-order valence-electron chi connectivity index (χ1n) is 9.93. The molecule has 0 heterocycles. The molecule has 0 radical (unpaired) electrons. The quantitative estimate of drug-likeness (QED) is 0.297. The van der Waals surface area contributed by atoms with Gasteiger partial charge in [0.2, 0.25) is 0 Å². The molecule has 6 heteroatoms. The molecule has 0 amide bonds. The van der Waals surface area contributed by atoms with E-state index in [-0.39, 0.29) is 43.9 Å². The summed E-state index contributed by atoms with van der Waals surface area (Å²) in [6, 6.07) is 25.5. The zero-order valence-electron chi connectivity index (χ0n) is 16.7. The van der Waals surface area contributed by atoms with Crippen molar-refractivity contribution in [3.63, 3.8) is 0 Å². The third kappa shape index (κ3) is 3.44. The van der Waals surface area contributed by atoms with Crippen molar-refractivity contribution in [1.29, 1.82) is 0 Å². The van der Waals surface area contributed by atoms with E-state index in [2.05, 4.69) is 10.6 Å². The van der Waals surface area contributed by atoms with Gasteiger partial charge in [0.15, 0.2) is 11.6 Å². The molecule has 0 spiro atoms.